The molecule has 14 N–H and O–H groups in total. The molecular formula is C41H36ClFN18O16S5. The largest absolute Gasteiger partial charge is 0.352 e. The van der Waals surface area contributed by atoms with Crippen LogP contribution in [0.3, 0.4) is 0 Å². The van der Waals surface area contributed by atoms with Gasteiger partial charge in [0.2, 0.25) is 29.1 Å². The molecule has 5 aromatic carbocycles. The number of fused-ring (bicyclic) bond motifs is 1. The summed E-state index contributed by atoms with van der Waals surface area (Å²) in [6, 6.07) is 9.70. The minimum atomic E-state index is -5.27. The molecule has 0 spiro atoms. The predicted molar refractivity (Wildman–Crippen MR) is 287 cm³/mol. The van der Waals surface area contributed by atoms with Gasteiger partial charge in [0.15, 0.2) is 9.84 Å². The van der Waals surface area contributed by atoms with E-state index < -0.39 is 127 Å². The second-order valence-corrected chi connectivity index (χ2v) is 24.1. The van der Waals surface area contributed by atoms with E-state index in [0.29, 0.717) is 35.7 Å². The number of hydrogen-bond acceptors (Lipinski definition) is 26. The molecule has 2 heterocycles. The van der Waals surface area contributed by atoms with E-state index >= 15 is 0 Å². The van der Waals surface area contributed by atoms with Crippen molar-refractivity contribution in [3.05, 3.63) is 102 Å². The number of anilines is 8. The highest BCUT2D eigenvalue weighted by Crippen LogP contribution is 2.38. The van der Waals surface area contributed by atoms with Gasteiger partial charge in [-0.15, -0.1) is 20.5 Å². The first-order valence-corrected chi connectivity index (χ1v) is 29.5. The molecule has 0 saturated carbocycles. The second kappa shape index (κ2) is 23.5. The number of halogens is 2. The third-order valence-electron chi connectivity index (χ3n) is 10.3. The van der Waals surface area contributed by atoms with Gasteiger partial charge in [-0.2, -0.15) is 68.0 Å². The van der Waals surface area contributed by atoms with Crippen molar-refractivity contribution < 1.29 is 74.3 Å². The summed E-state index contributed by atoms with van der Waals surface area (Å²) in [7, 11) is -24.8. The number of carbonyl (C=O) groups excluding carboxylic acids is 2. The monoisotopic (exact) mass is 1250 g/mol. The first-order chi connectivity index (χ1) is 38.1. The third kappa shape index (κ3) is 15.4. The fourth-order valence-corrected chi connectivity index (χ4v) is 10.4. The summed E-state index contributed by atoms with van der Waals surface area (Å²) in [4.78, 5) is 43.0. The molecule has 82 heavy (non-hydrogen) atoms. The van der Waals surface area contributed by atoms with E-state index in [1.165, 1.54) is 24.3 Å². The van der Waals surface area contributed by atoms with Crippen molar-refractivity contribution in [2.24, 2.45) is 31.9 Å². The van der Waals surface area contributed by atoms with Crippen molar-refractivity contribution in [1.29, 1.82) is 0 Å². The number of primary amides is 2. The summed E-state index contributed by atoms with van der Waals surface area (Å²) in [5.41, 5.74) is 8.95. The molecule has 0 aliphatic carbocycles. The van der Waals surface area contributed by atoms with Gasteiger partial charge >= 0.3 is 18.1 Å². The lowest BCUT2D eigenvalue weighted by atomic mass is 10.1. The lowest BCUT2D eigenvalue weighted by Gasteiger charge is -2.16. The zero-order chi connectivity index (χ0) is 60.3. The Morgan fingerprint density at radius 1 is 0.598 bits per heavy atom. The number of nitrogens with zero attached hydrogens (tertiary/aromatic N) is 10. The first-order valence-electron chi connectivity index (χ1n) is 21.8. The summed E-state index contributed by atoms with van der Waals surface area (Å²) in [5, 5.41) is 30.5. The quantitative estimate of drug-likeness (QED) is 0.0285. The van der Waals surface area contributed by atoms with Gasteiger partial charge in [-0.3, -0.25) is 18.2 Å². The minimum Gasteiger partial charge on any atom is -0.352 e. The number of carbonyl (C=O) groups is 2. The van der Waals surface area contributed by atoms with Gasteiger partial charge in [0.1, 0.15) is 37.4 Å². The molecule has 7 aromatic rings. The number of sulfone groups is 1. The van der Waals surface area contributed by atoms with Gasteiger partial charge in [-0.05, 0) is 103 Å². The van der Waals surface area contributed by atoms with Crippen LogP contribution in [0.15, 0.2) is 136 Å². The maximum absolute atomic E-state index is 14.8. The van der Waals surface area contributed by atoms with E-state index in [1.807, 2.05) is 0 Å². The number of nitrogens with one attached hydrogen (secondary N) is 6. The summed E-state index contributed by atoms with van der Waals surface area (Å²) >= 11 is 6.20. The minimum absolute atomic E-state index is 0.0323. The Balaban J connectivity index is 1.05. The Hall–Kier alpha value is -9.13. The van der Waals surface area contributed by atoms with Gasteiger partial charge in [0, 0.05) is 34.8 Å². The first kappa shape index (κ1) is 60.5. The molecule has 0 bridgehead atoms. The molecule has 1 unspecified atom stereocenters. The van der Waals surface area contributed by atoms with Crippen molar-refractivity contribution in [2.75, 3.05) is 38.4 Å². The topological polar surface area (TPSA) is 537 Å². The molecule has 34 nitrogen and oxygen atoms in total. The highest BCUT2D eigenvalue weighted by Gasteiger charge is 2.26. The lowest BCUT2D eigenvalue weighted by Crippen LogP contribution is -2.27. The molecule has 0 radical (unpaired) electrons. The standard InChI is InChI=1S/C41H36ClFN18O16S5/c1-3-78(64,65)22-6-9-27(33(14-22)82(75,76)77)60-58-25-7-4-20(12-28(25)50-36(44)62)48-40-53-34(42)52-39(57-40)47-18(2)17-46-38-54-35(43)55-41(56-38)49-21-5-8-26(29(13-21)51-37(45)63)59-61-30-16-24-19(11-32(30)81(72,73)74)10-23(79(66,67)68)15-31(24)80(69,70)71/h3-16,18H,1,17H2,2H3,(H3,44,50,62)(H3,45,51,63)(H,66,67,68)(H,69,70,71)(H,72,73,74)(H,75,76,77)(H2,46,49,54,55,56)(H2,47,48,52,53,57)/b60-58+,61-59+. The molecule has 0 aliphatic rings. The van der Waals surface area contributed by atoms with Crippen LogP contribution in [-0.2, 0) is 50.3 Å². The maximum atomic E-state index is 14.8. The number of azo groups is 2. The van der Waals surface area contributed by atoms with E-state index in [-0.39, 0.29) is 63.8 Å². The number of aromatic nitrogens is 6. The van der Waals surface area contributed by atoms with Crippen LogP contribution in [0.5, 0.6) is 0 Å². The van der Waals surface area contributed by atoms with Crippen LogP contribution in [0.25, 0.3) is 10.8 Å². The average molecular weight is 1250 g/mol. The second-order valence-electron chi connectivity index (χ2n) is 16.2. The maximum Gasteiger partial charge on any atom is 0.316 e. The fraction of sp³-hybridized carbons (Fsp3) is 0.0732. The molecule has 0 aliphatic heterocycles. The molecule has 1 atom stereocenters. The van der Waals surface area contributed by atoms with Crippen LogP contribution in [0.1, 0.15) is 6.92 Å². The zero-order valence-electron chi connectivity index (χ0n) is 40.7. The van der Waals surface area contributed by atoms with Gasteiger partial charge in [-0.25, -0.2) is 18.0 Å². The van der Waals surface area contributed by atoms with E-state index in [0.717, 1.165) is 24.3 Å². The summed E-state index contributed by atoms with van der Waals surface area (Å²) in [6.07, 6.45) is -1.27. The van der Waals surface area contributed by atoms with E-state index in [1.54, 1.807) is 6.92 Å². The number of benzene rings is 5. The van der Waals surface area contributed by atoms with Crippen LogP contribution >= 0.6 is 11.6 Å². The van der Waals surface area contributed by atoms with Gasteiger partial charge in [-0.1, -0.05) is 6.58 Å². The van der Waals surface area contributed by atoms with Crippen LogP contribution in [0.2, 0.25) is 5.28 Å². The molecule has 7 rings (SSSR count). The van der Waals surface area contributed by atoms with Crippen molar-refractivity contribution >= 4 is 154 Å². The van der Waals surface area contributed by atoms with E-state index in [2.05, 4.69) is 88.8 Å². The summed E-state index contributed by atoms with van der Waals surface area (Å²) in [5.74, 6) is -0.951. The van der Waals surface area contributed by atoms with Crippen molar-refractivity contribution in [2.45, 2.75) is 37.4 Å². The van der Waals surface area contributed by atoms with Gasteiger partial charge < -0.3 is 43.4 Å². The van der Waals surface area contributed by atoms with Gasteiger partial charge in [0.25, 0.3) is 40.5 Å². The average Bonchev–Trinajstić information content (AvgIpc) is 3.41. The Kier molecular flexibility index (Phi) is 17.4. The molecule has 0 fully saturated rings. The number of hydrogen-bond donors (Lipinski definition) is 12. The van der Waals surface area contributed by atoms with Crippen LogP contribution in [0, 0.1) is 6.08 Å². The number of rotatable bonds is 21. The summed E-state index contributed by atoms with van der Waals surface area (Å²) < 4.78 is 176. The molecule has 2 aromatic heterocycles. The Bertz CT molecular complexity index is 4450. The van der Waals surface area contributed by atoms with E-state index in [9.17, 15) is 74.3 Å². The molecule has 4 amide bonds. The normalized spacial score (nSPS) is 12.7. The lowest BCUT2D eigenvalue weighted by molar-refractivity contribution is 0.258. The van der Waals surface area contributed by atoms with Crippen LogP contribution in [0.4, 0.5) is 83.3 Å². The molecule has 0 saturated heterocycles. The van der Waals surface area contributed by atoms with Crippen molar-refractivity contribution in [3.63, 3.8) is 0 Å². The van der Waals surface area contributed by atoms with Crippen LogP contribution in [-0.4, -0.2) is 115 Å². The zero-order valence-corrected chi connectivity index (χ0v) is 45.5. The van der Waals surface area contributed by atoms with Crippen molar-refractivity contribution in [1.82, 2.24) is 29.9 Å². The highest BCUT2D eigenvalue weighted by atomic mass is 35.5. The van der Waals surface area contributed by atoms with E-state index in [4.69, 9.17) is 23.1 Å². The molecule has 41 heteroatoms. The molecular weight excluding hydrogens is 1220 g/mol. The Morgan fingerprint density at radius 3 is 1.61 bits per heavy atom. The Labute approximate surface area is 465 Å². The number of amides is 4. The number of urea groups is 2. The fourth-order valence-electron chi connectivity index (χ4n) is 6.84. The smallest absolute Gasteiger partial charge is 0.316 e. The number of nitrogens with two attached hydrogens (primary N) is 2. The predicted octanol–water partition coefficient (Wildman–Crippen LogP) is 6.12. The summed E-state index contributed by atoms with van der Waals surface area (Å²) in [6.45, 7) is 4.75. The molecule has 430 valence electrons. The van der Waals surface area contributed by atoms with Gasteiger partial charge in [0.05, 0.1) is 21.2 Å². The Morgan fingerprint density at radius 2 is 1.07 bits per heavy atom. The highest BCUT2D eigenvalue weighted by molar-refractivity contribution is 7.94. The van der Waals surface area contributed by atoms with Crippen LogP contribution < -0.4 is 43.4 Å². The SMILES string of the molecule is C=CS(=O)(=O)c1ccc(/N=N/c2ccc(Nc3nc(Cl)nc(NC(C)CNc4nc(F)nc(Nc5ccc(/N=N/c6cc7c(S(=O)(=O)O)cc(S(=O)(=O)O)cc7cc6S(=O)(=O)O)c(NC(N)=O)c5)n4)n3)cc2NC(N)=O)c(S(=O)(=O)O)c1. The third-order valence-corrected chi connectivity index (χ3v) is 15.3. The van der Waals surface area contributed by atoms with Crippen molar-refractivity contribution in [3.8, 4) is 0 Å².